The van der Waals surface area contributed by atoms with Gasteiger partial charge in [0.2, 0.25) is 0 Å². The summed E-state index contributed by atoms with van der Waals surface area (Å²) in [6.45, 7) is 0. The number of rotatable bonds is 4. The molecule has 142 valence electrons. The van der Waals surface area contributed by atoms with E-state index >= 15 is 0 Å². The number of phenolic OH excluding ortho intramolecular Hbond substituents is 1. The third kappa shape index (κ3) is 5.58. The number of hydrogen-bond acceptors (Lipinski definition) is 6. The van der Waals surface area contributed by atoms with Crippen LogP contribution in [0.4, 0.5) is 10.2 Å². The number of hydrogen-bond donors (Lipinski definition) is 3. The van der Waals surface area contributed by atoms with Crippen molar-refractivity contribution in [3.05, 3.63) is 59.5 Å². The van der Waals surface area contributed by atoms with Gasteiger partial charge in [0.15, 0.2) is 0 Å². The van der Waals surface area contributed by atoms with Crippen LogP contribution in [-0.2, 0) is 0 Å². The number of nitrogens with zero attached hydrogens (tertiary/aromatic N) is 3. The second-order valence-electron chi connectivity index (χ2n) is 6.03. The van der Waals surface area contributed by atoms with E-state index in [4.69, 9.17) is 11.6 Å². The monoisotopic (exact) mass is 407 g/mol. The maximum atomic E-state index is 13.4. The molecule has 1 saturated carbocycles. The molecule has 3 aromatic rings. The lowest BCUT2D eigenvalue weighted by Crippen LogP contribution is -1.92. The van der Waals surface area contributed by atoms with Gasteiger partial charge in [-0.05, 0) is 43.0 Å². The standard InChI is InChI=1S/C10H7ClFN3OS.C8H12N2/c11-6-3-9(7(12)4-8(6)16)17-15-10-1-2-13-5-14-10;1-2-4-7(3-1)8-5-6-9-10-8/h1-5,16H,(H,13,14,15);5-7H,1-4H2,(H,9,10). The first-order valence-corrected chi connectivity index (χ1v) is 9.69. The fourth-order valence-corrected chi connectivity index (χ4v) is 3.68. The van der Waals surface area contributed by atoms with Gasteiger partial charge in [-0.2, -0.15) is 5.10 Å². The highest BCUT2D eigenvalue weighted by atomic mass is 35.5. The van der Waals surface area contributed by atoms with E-state index in [1.54, 1.807) is 12.3 Å². The van der Waals surface area contributed by atoms with E-state index in [1.807, 2.05) is 6.20 Å². The van der Waals surface area contributed by atoms with Gasteiger partial charge in [0, 0.05) is 30.1 Å². The Morgan fingerprint density at radius 1 is 1.22 bits per heavy atom. The highest BCUT2D eigenvalue weighted by Crippen LogP contribution is 2.33. The predicted molar refractivity (Wildman–Crippen MR) is 104 cm³/mol. The summed E-state index contributed by atoms with van der Waals surface area (Å²) in [5, 5.41) is 16.3. The molecule has 0 atom stereocenters. The highest BCUT2D eigenvalue weighted by Gasteiger charge is 2.17. The minimum absolute atomic E-state index is 0.0957. The smallest absolute Gasteiger partial charge is 0.142 e. The van der Waals surface area contributed by atoms with Gasteiger partial charge in [-0.15, -0.1) is 0 Å². The van der Waals surface area contributed by atoms with Crippen molar-refractivity contribution in [1.82, 2.24) is 20.2 Å². The Balaban J connectivity index is 0.000000177. The molecule has 4 rings (SSSR count). The van der Waals surface area contributed by atoms with E-state index in [0.717, 1.165) is 23.9 Å². The zero-order valence-corrected chi connectivity index (χ0v) is 16.0. The van der Waals surface area contributed by atoms with Crippen LogP contribution in [0.15, 0.2) is 47.9 Å². The van der Waals surface area contributed by atoms with E-state index in [2.05, 4.69) is 31.0 Å². The maximum absolute atomic E-state index is 13.4. The third-order valence-electron chi connectivity index (χ3n) is 4.17. The first kappa shape index (κ1) is 19.4. The van der Waals surface area contributed by atoms with Crippen molar-refractivity contribution in [1.29, 1.82) is 0 Å². The summed E-state index contributed by atoms with van der Waals surface area (Å²) in [5.74, 6) is 0.491. The lowest BCUT2D eigenvalue weighted by molar-refractivity contribution is 0.467. The molecule has 3 N–H and O–H groups in total. The molecule has 1 aliphatic rings. The zero-order chi connectivity index (χ0) is 19.1. The maximum Gasteiger partial charge on any atom is 0.142 e. The molecule has 27 heavy (non-hydrogen) atoms. The normalized spacial score (nSPS) is 13.9. The molecule has 2 heterocycles. The van der Waals surface area contributed by atoms with Crippen LogP contribution in [0.5, 0.6) is 5.75 Å². The second kappa shape index (κ2) is 9.57. The van der Waals surface area contributed by atoms with Crippen molar-refractivity contribution in [2.45, 2.75) is 36.5 Å². The Hall–Kier alpha value is -2.32. The van der Waals surface area contributed by atoms with Gasteiger partial charge in [-0.1, -0.05) is 24.4 Å². The average molecular weight is 408 g/mol. The first-order valence-electron chi connectivity index (χ1n) is 8.49. The number of aromatic nitrogens is 4. The second-order valence-corrected chi connectivity index (χ2v) is 7.28. The summed E-state index contributed by atoms with van der Waals surface area (Å²) in [6, 6.07) is 6.04. The highest BCUT2D eigenvalue weighted by molar-refractivity contribution is 8.00. The van der Waals surface area contributed by atoms with E-state index in [9.17, 15) is 9.50 Å². The largest absolute Gasteiger partial charge is 0.506 e. The number of aromatic hydroxyl groups is 1. The predicted octanol–water partition coefficient (Wildman–Crippen LogP) is 5.16. The van der Waals surface area contributed by atoms with Crippen molar-refractivity contribution in [3.63, 3.8) is 0 Å². The summed E-state index contributed by atoms with van der Waals surface area (Å²) in [6.07, 6.45) is 10.3. The number of benzene rings is 1. The molecule has 0 unspecified atom stereocenters. The minimum Gasteiger partial charge on any atom is -0.506 e. The summed E-state index contributed by atoms with van der Waals surface area (Å²) in [5.41, 5.74) is 1.33. The molecule has 0 aliphatic heterocycles. The molecular formula is C18H19ClFN5OS. The molecule has 0 spiro atoms. The lowest BCUT2D eigenvalue weighted by Gasteiger charge is -2.06. The molecule has 0 bridgehead atoms. The van der Waals surface area contributed by atoms with Crippen LogP contribution >= 0.6 is 23.5 Å². The topological polar surface area (TPSA) is 86.7 Å². The Morgan fingerprint density at radius 3 is 2.70 bits per heavy atom. The van der Waals surface area contributed by atoms with E-state index in [0.29, 0.717) is 5.82 Å². The van der Waals surface area contributed by atoms with Gasteiger partial charge in [0.1, 0.15) is 23.7 Å². The molecule has 0 amide bonds. The van der Waals surface area contributed by atoms with Gasteiger partial charge in [0.25, 0.3) is 0 Å². The third-order valence-corrected chi connectivity index (χ3v) is 5.31. The molecule has 1 fully saturated rings. The number of aromatic amines is 1. The zero-order valence-electron chi connectivity index (χ0n) is 14.4. The SMILES string of the molecule is Oc1cc(F)c(SNc2ccncn2)cc1Cl.c1cc(C2CCCC2)[nH]n1. The van der Waals surface area contributed by atoms with E-state index in [1.165, 1.54) is 43.8 Å². The summed E-state index contributed by atoms with van der Waals surface area (Å²) in [4.78, 5) is 7.94. The number of halogens is 2. The van der Waals surface area contributed by atoms with Gasteiger partial charge in [0.05, 0.1) is 9.92 Å². The Labute approximate surface area is 165 Å². The van der Waals surface area contributed by atoms with Crippen molar-refractivity contribution >= 4 is 29.4 Å². The number of anilines is 1. The van der Waals surface area contributed by atoms with Crippen LogP contribution < -0.4 is 4.72 Å². The van der Waals surface area contributed by atoms with Crippen molar-refractivity contribution < 1.29 is 9.50 Å². The van der Waals surface area contributed by atoms with Crippen LogP contribution in [-0.4, -0.2) is 25.3 Å². The van der Waals surface area contributed by atoms with E-state index in [-0.39, 0.29) is 15.7 Å². The molecule has 1 aliphatic carbocycles. The van der Waals surface area contributed by atoms with Gasteiger partial charge in [-0.3, -0.25) is 5.10 Å². The van der Waals surface area contributed by atoms with Crippen LogP contribution in [0.1, 0.15) is 37.3 Å². The Morgan fingerprint density at radius 2 is 2.04 bits per heavy atom. The van der Waals surface area contributed by atoms with Crippen molar-refractivity contribution in [2.75, 3.05) is 4.72 Å². The number of phenols is 1. The van der Waals surface area contributed by atoms with Gasteiger partial charge >= 0.3 is 0 Å². The summed E-state index contributed by atoms with van der Waals surface area (Å²) >= 11 is 6.70. The Kier molecular flexibility index (Phi) is 6.89. The molecule has 6 nitrogen and oxygen atoms in total. The fraction of sp³-hybridized carbons (Fsp3) is 0.278. The quantitative estimate of drug-likeness (QED) is 0.518. The van der Waals surface area contributed by atoms with Crippen LogP contribution in [0.3, 0.4) is 0 Å². The first-order chi connectivity index (χ1) is 13.1. The molecule has 9 heteroatoms. The molecule has 0 radical (unpaired) electrons. The minimum atomic E-state index is -0.557. The number of nitrogens with one attached hydrogen (secondary N) is 2. The summed E-state index contributed by atoms with van der Waals surface area (Å²) in [7, 11) is 0. The average Bonchev–Trinajstić information content (AvgIpc) is 3.38. The van der Waals surface area contributed by atoms with Crippen LogP contribution in [0.25, 0.3) is 0 Å². The van der Waals surface area contributed by atoms with Gasteiger partial charge < -0.3 is 9.83 Å². The molecular weight excluding hydrogens is 389 g/mol. The van der Waals surface area contributed by atoms with Crippen molar-refractivity contribution in [2.24, 2.45) is 0 Å². The lowest BCUT2D eigenvalue weighted by atomic mass is 10.1. The Bertz CT molecular complexity index is 844. The fourth-order valence-electron chi connectivity index (χ4n) is 2.79. The van der Waals surface area contributed by atoms with E-state index < -0.39 is 5.82 Å². The van der Waals surface area contributed by atoms with Gasteiger partial charge in [-0.25, -0.2) is 14.4 Å². The van der Waals surface area contributed by atoms with Crippen LogP contribution in [0, 0.1) is 5.82 Å². The molecule has 0 saturated heterocycles. The number of H-pyrrole nitrogens is 1. The van der Waals surface area contributed by atoms with Crippen molar-refractivity contribution in [3.8, 4) is 5.75 Å². The summed E-state index contributed by atoms with van der Waals surface area (Å²) < 4.78 is 16.3. The molecule has 2 aromatic heterocycles. The molecule has 1 aromatic carbocycles. The van der Waals surface area contributed by atoms with Crippen LogP contribution in [0.2, 0.25) is 5.02 Å².